The minimum atomic E-state index is -0.580. The molecule has 28 heavy (non-hydrogen) atoms. The van der Waals surface area contributed by atoms with E-state index in [-0.39, 0.29) is 30.2 Å². The van der Waals surface area contributed by atoms with Gasteiger partial charge in [0.05, 0.1) is 29.0 Å². The average molecular weight is 381 g/mol. The van der Waals surface area contributed by atoms with Gasteiger partial charge in [0.25, 0.3) is 11.6 Å². The molecule has 9 heteroatoms. The predicted octanol–water partition coefficient (Wildman–Crippen LogP) is 2.01. The first-order valence-electron chi connectivity index (χ1n) is 8.73. The average Bonchev–Trinajstić information content (AvgIpc) is 3.08. The lowest BCUT2D eigenvalue weighted by atomic mass is 10.2. The molecule has 0 fully saturated rings. The molecule has 1 heterocycles. The van der Waals surface area contributed by atoms with Crippen LogP contribution in [-0.2, 0) is 17.9 Å². The van der Waals surface area contributed by atoms with Crippen LogP contribution >= 0.6 is 0 Å². The first kappa shape index (κ1) is 19.0. The van der Waals surface area contributed by atoms with Gasteiger partial charge in [-0.05, 0) is 25.1 Å². The third-order valence-corrected chi connectivity index (χ3v) is 4.22. The van der Waals surface area contributed by atoms with Gasteiger partial charge in [0, 0.05) is 24.2 Å². The zero-order chi connectivity index (χ0) is 20.1. The van der Waals surface area contributed by atoms with Gasteiger partial charge in [-0.3, -0.25) is 19.7 Å². The molecule has 9 nitrogen and oxygen atoms in total. The Kier molecular flexibility index (Phi) is 5.64. The second-order valence-corrected chi connectivity index (χ2v) is 6.03. The predicted molar refractivity (Wildman–Crippen MR) is 103 cm³/mol. The van der Waals surface area contributed by atoms with Crippen molar-refractivity contribution in [3.63, 3.8) is 0 Å². The van der Waals surface area contributed by atoms with E-state index in [2.05, 4.69) is 15.6 Å². The summed E-state index contributed by atoms with van der Waals surface area (Å²) in [6.45, 7) is 2.70. The number of rotatable bonds is 7. The van der Waals surface area contributed by atoms with Crippen LogP contribution in [0.5, 0.6) is 0 Å². The Morgan fingerprint density at radius 2 is 1.93 bits per heavy atom. The van der Waals surface area contributed by atoms with E-state index in [9.17, 15) is 19.7 Å². The van der Waals surface area contributed by atoms with Gasteiger partial charge in [0.15, 0.2) is 0 Å². The Labute approximate surface area is 160 Å². The summed E-state index contributed by atoms with van der Waals surface area (Å²) in [6.07, 6.45) is 0. The Morgan fingerprint density at radius 1 is 1.14 bits per heavy atom. The maximum atomic E-state index is 12.1. The molecule has 0 unspecified atom stereocenters. The van der Waals surface area contributed by atoms with Crippen LogP contribution in [0.1, 0.15) is 23.1 Å². The van der Waals surface area contributed by atoms with Crippen LogP contribution in [0, 0.1) is 10.1 Å². The number of amides is 2. The molecule has 0 aliphatic carbocycles. The van der Waals surface area contributed by atoms with Crippen molar-refractivity contribution in [3.8, 4) is 0 Å². The largest absolute Gasteiger partial charge is 0.347 e. The molecule has 0 aliphatic rings. The van der Waals surface area contributed by atoms with Crippen LogP contribution in [0.4, 0.5) is 5.69 Å². The number of nitrogens with zero attached hydrogens (tertiary/aromatic N) is 3. The number of nitro benzene ring substituents is 1. The van der Waals surface area contributed by atoms with Crippen molar-refractivity contribution in [1.82, 2.24) is 20.2 Å². The first-order valence-corrected chi connectivity index (χ1v) is 8.73. The number of hydrogen-bond acceptors (Lipinski definition) is 5. The fraction of sp³-hybridized carbons (Fsp3) is 0.211. The van der Waals surface area contributed by atoms with Crippen LogP contribution in [0.25, 0.3) is 11.0 Å². The minimum absolute atomic E-state index is 0.120. The van der Waals surface area contributed by atoms with E-state index in [1.54, 1.807) is 0 Å². The number of non-ortho nitro benzene ring substituents is 1. The van der Waals surface area contributed by atoms with Crippen LogP contribution in [0.2, 0.25) is 0 Å². The summed E-state index contributed by atoms with van der Waals surface area (Å²) >= 11 is 0. The fourth-order valence-corrected chi connectivity index (χ4v) is 2.88. The van der Waals surface area contributed by atoms with Crippen molar-refractivity contribution in [3.05, 3.63) is 70.0 Å². The molecule has 2 aromatic carbocycles. The number of carbonyl (C=O) groups excluding carboxylic acids is 2. The van der Waals surface area contributed by atoms with E-state index in [0.717, 1.165) is 29.5 Å². The van der Waals surface area contributed by atoms with Crippen molar-refractivity contribution in [2.24, 2.45) is 0 Å². The number of para-hydroxylation sites is 2. The quantitative estimate of drug-likeness (QED) is 0.479. The molecule has 0 saturated heterocycles. The number of nitro groups is 1. The number of benzene rings is 2. The molecule has 0 atom stereocenters. The molecule has 0 saturated carbocycles. The Bertz CT molecular complexity index is 1040. The van der Waals surface area contributed by atoms with Crippen molar-refractivity contribution in [2.75, 3.05) is 6.54 Å². The molecule has 3 aromatic rings. The lowest BCUT2D eigenvalue weighted by molar-refractivity contribution is -0.384. The normalized spacial score (nSPS) is 10.6. The van der Waals surface area contributed by atoms with Gasteiger partial charge in [-0.2, -0.15) is 0 Å². The van der Waals surface area contributed by atoms with E-state index in [1.807, 2.05) is 35.8 Å². The summed E-state index contributed by atoms with van der Waals surface area (Å²) in [5.41, 5.74) is 1.78. The van der Waals surface area contributed by atoms with Gasteiger partial charge in [-0.25, -0.2) is 4.98 Å². The van der Waals surface area contributed by atoms with Gasteiger partial charge < -0.3 is 15.2 Å². The van der Waals surface area contributed by atoms with E-state index >= 15 is 0 Å². The molecular formula is C19H19N5O4. The number of hydrogen-bond donors (Lipinski definition) is 2. The number of carbonyl (C=O) groups is 2. The van der Waals surface area contributed by atoms with Gasteiger partial charge >= 0.3 is 0 Å². The van der Waals surface area contributed by atoms with E-state index in [4.69, 9.17) is 0 Å². The number of aryl methyl sites for hydroxylation is 1. The highest BCUT2D eigenvalue weighted by Crippen LogP contribution is 2.16. The zero-order valence-electron chi connectivity index (χ0n) is 15.2. The summed E-state index contributed by atoms with van der Waals surface area (Å²) in [7, 11) is 0. The lowest BCUT2D eigenvalue weighted by Crippen LogP contribution is -2.37. The molecule has 0 radical (unpaired) electrons. The van der Waals surface area contributed by atoms with Crippen LogP contribution < -0.4 is 10.6 Å². The number of aromatic nitrogens is 2. The van der Waals surface area contributed by atoms with Gasteiger partial charge in [-0.1, -0.05) is 18.2 Å². The lowest BCUT2D eigenvalue weighted by Gasteiger charge is -2.09. The van der Waals surface area contributed by atoms with Crippen molar-refractivity contribution in [1.29, 1.82) is 0 Å². The summed E-state index contributed by atoms with van der Waals surface area (Å²) in [6, 6.07) is 13.0. The van der Waals surface area contributed by atoms with Crippen molar-refractivity contribution < 1.29 is 14.5 Å². The van der Waals surface area contributed by atoms with Crippen LogP contribution in [0.3, 0.4) is 0 Å². The van der Waals surface area contributed by atoms with Crippen molar-refractivity contribution in [2.45, 2.75) is 20.0 Å². The van der Waals surface area contributed by atoms with Gasteiger partial charge in [0.1, 0.15) is 5.82 Å². The van der Waals surface area contributed by atoms with E-state index in [1.165, 1.54) is 18.2 Å². The number of nitrogens with one attached hydrogen (secondary N) is 2. The summed E-state index contributed by atoms with van der Waals surface area (Å²) < 4.78 is 2.01. The summed E-state index contributed by atoms with van der Waals surface area (Å²) in [5.74, 6) is -0.213. The highest BCUT2D eigenvalue weighted by Gasteiger charge is 2.13. The highest BCUT2D eigenvalue weighted by atomic mass is 16.6. The molecule has 0 spiro atoms. The maximum Gasteiger partial charge on any atom is 0.270 e. The van der Waals surface area contributed by atoms with E-state index < -0.39 is 10.8 Å². The zero-order valence-corrected chi connectivity index (χ0v) is 15.2. The summed E-state index contributed by atoms with van der Waals surface area (Å²) in [5, 5.41) is 16.0. The van der Waals surface area contributed by atoms with Crippen LogP contribution in [0.15, 0.2) is 48.5 Å². The Balaban J connectivity index is 1.57. The van der Waals surface area contributed by atoms with Crippen LogP contribution in [-0.4, -0.2) is 32.8 Å². The third kappa shape index (κ3) is 4.14. The Morgan fingerprint density at radius 3 is 2.68 bits per heavy atom. The molecule has 2 N–H and O–H groups in total. The van der Waals surface area contributed by atoms with Gasteiger partial charge in [0.2, 0.25) is 5.91 Å². The number of fused-ring (bicyclic) bond motifs is 1. The maximum absolute atomic E-state index is 12.1. The Hall–Kier alpha value is -3.75. The van der Waals surface area contributed by atoms with E-state index in [0.29, 0.717) is 0 Å². The second-order valence-electron chi connectivity index (χ2n) is 6.03. The standard InChI is InChI=1S/C19H19N5O4/c1-2-23-16-9-4-3-8-15(16)22-17(23)11-20-18(25)12-21-19(26)13-6-5-7-14(10-13)24(27)28/h3-10H,2,11-12H2,1H3,(H,20,25)(H,21,26). The third-order valence-electron chi connectivity index (χ3n) is 4.22. The van der Waals surface area contributed by atoms with Crippen molar-refractivity contribution >= 4 is 28.5 Å². The number of imidazole rings is 1. The fourth-order valence-electron chi connectivity index (χ4n) is 2.88. The SMILES string of the molecule is CCn1c(CNC(=O)CNC(=O)c2cccc([N+](=O)[O-])c2)nc2ccccc21. The molecule has 2 amide bonds. The monoisotopic (exact) mass is 381 g/mol. The molecular weight excluding hydrogens is 362 g/mol. The second kappa shape index (κ2) is 8.30. The molecule has 0 bridgehead atoms. The first-order chi connectivity index (χ1) is 13.5. The minimum Gasteiger partial charge on any atom is -0.347 e. The molecule has 144 valence electrons. The molecule has 3 rings (SSSR count). The topological polar surface area (TPSA) is 119 Å². The van der Waals surface area contributed by atoms with Gasteiger partial charge in [-0.15, -0.1) is 0 Å². The summed E-state index contributed by atoms with van der Waals surface area (Å²) in [4.78, 5) is 38.9. The molecule has 1 aromatic heterocycles. The highest BCUT2D eigenvalue weighted by molar-refractivity contribution is 5.96. The molecule has 0 aliphatic heterocycles. The smallest absolute Gasteiger partial charge is 0.270 e.